The van der Waals surface area contributed by atoms with Crippen LogP contribution < -0.4 is 0 Å². The van der Waals surface area contributed by atoms with Crippen molar-refractivity contribution in [2.45, 2.75) is 24.1 Å². The number of ether oxygens (including phenoxy) is 1. The van der Waals surface area contributed by atoms with Crippen molar-refractivity contribution in [2.75, 3.05) is 6.61 Å². The number of hydrogen-bond acceptors (Lipinski definition) is 5. The molecule has 24 heavy (non-hydrogen) atoms. The fraction of sp³-hybridized carbons (Fsp3) is 0.263. The van der Waals surface area contributed by atoms with Crippen molar-refractivity contribution in [3.63, 3.8) is 0 Å². The monoisotopic (exact) mass is 328 g/mol. The molecule has 1 unspecified atom stereocenters. The Morgan fingerprint density at radius 2 is 1.50 bits per heavy atom. The summed E-state index contributed by atoms with van der Waals surface area (Å²) in [5, 5.41) is 39.5. The average Bonchev–Trinajstić information content (AvgIpc) is 2.86. The summed E-state index contributed by atoms with van der Waals surface area (Å²) in [4.78, 5) is 0. The van der Waals surface area contributed by atoms with E-state index in [-0.39, 0.29) is 0 Å². The predicted molar refractivity (Wildman–Crippen MR) is 89.7 cm³/mol. The number of aliphatic hydroxyl groups is 4. The first-order valence-electron chi connectivity index (χ1n) is 7.75. The van der Waals surface area contributed by atoms with Gasteiger partial charge in [-0.25, -0.2) is 0 Å². The second kappa shape index (κ2) is 6.84. The number of rotatable bonds is 4. The van der Waals surface area contributed by atoms with Crippen molar-refractivity contribution in [3.05, 3.63) is 71.3 Å². The Balaban J connectivity index is 1.78. The minimum atomic E-state index is -2.03. The van der Waals surface area contributed by atoms with E-state index in [0.717, 1.165) is 11.1 Å². The molecule has 2 aromatic carbocycles. The second-order valence-electron chi connectivity index (χ2n) is 5.84. The van der Waals surface area contributed by atoms with Crippen molar-refractivity contribution < 1.29 is 25.2 Å². The Morgan fingerprint density at radius 1 is 0.917 bits per heavy atom. The molecule has 0 spiro atoms. The van der Waals surface area contributed by atoms with E-state index in [9.17, 15) is 15.3 Å². The van der Waals surface area contributed by atoms with Crippen LogP contribution in [0.4, 0.5) is 0 Å². The normalized spacial score (nSPS) is 30.1. The van der Waals surface area contributed by atoms with Crippen LogP contribution in [0.25, 0.3) is 12.2 Å². The summed E-state index contributed by atoms with van der Waals surface area (Å²) >= 11 is 0. The van der Waals surface area contributed by atoms with Crippen molar-refractivity contribution >= 4 is 12.2 Å². The smallest absolute Gasteiger partial charge is 0.222 e. The molecule has 0 bridgehead atoms. The first kappa shape index (κ1) is 16.8. The molecule has 1 aliphatic heterocycles. The highest BCUT2D eigenvalue weighted by Gasteiger charge is 2.54. The van der Waals surface area contributed by atoms with Gasteiger partial charge in [-0.05, 0) is 11.1 Å². The van der Waals surface area contributed by atoms with Gasteiger partial charge in [0.25, 0.3) is 0 Å². The van der Waals surface area contributed by atoms with Gasteiger partial charge in [0.2, 0.25) is 5.79 Å². The minimum Gasteiger partial charge on any atom is -0.394 e. The molecule has 126 valence electrons. The maximum absolute atomic E-state index is 10.5. The van der Waals surface area contributed by atoms with Crippen LogP contribution in [-0.4, -0.2) is 45.3 Å². The molecule has 5 nitrogen and oxygen atoms in total. The molecule has 1 saturated heterocycles. The van der Waals surface area contributed by atoms with E-state index < -0.39 is 30.7 Å². The second-order valence-corrected chi connectivity index (χ2v) is 5.84. The van der Waals surface area contributed by atoms with Crippen LogP contribution in [0.1, 0.15) is 16.7 Å². The molecule has 2 aromatic rings. The lowest BCUT2D eigenvalue weighted by molar-refractivity contribution is -0.239. The van der Waals surface area contributed by atoms with Crippen LogP contribution in [0.2, 0.25) is 0 Å². The summed E-state index contributed by atoms with van der Waals surface area (Å²) in [6.07, 6.45) is -0.00270. The summed E-state index contributed by atoms with van der Waals surface area (Å²) in [6.45, 7) is -0.488. The standard InChI is InChI=1S/C19H20O5/c20-12-16-17(21)18(22)19(23,24-16)15-10-8-14(9-11-15)7-6-13-4-2-1-3-5-13/h1-11,16-18,20-23H,12H2/t16-,17-,18-,19?/m1/s1. The number of aliphatic hydroxyl groups excluding tert-OH is 3. The maximum atomic E-state index is 10.5. The molecule has 3 rings (SSSR count). The fourth-order valence-corrected chi connectivity index (χ4v) is 2.78. The Kier molecular flexibility index (Phi) is 4.80. The summed E-state index contributed by atoms with van der Waals surface area (Å²) in [7, 11) is 0. The third-order valence-corrected chi connectivity index (χ3v) is 4.21. The molecule has 1 aliphatic rings. The Hall–Kier alpha value is -2.02. The van der Waals surface area contributed by atoms with E-state index in [2.05, 4.69) is 0 Å². The molecule has 4 atom stereocenters. The third kappa shape index (κ3) is 3.13. The van der Waals surface area contributed by atoms with E-state index in [1.54, 1.807) is 24.3 Å². The zero-order chi connectivity index (χ0) is 17.2. The highest BCUT2D eigenvalue weighted by atomic mass is 16.7. The van der Waals surface area contributed by atoms with Crippen molar-refractivity contribution in [3.8, 4) is 0 Å². The highest BCUT2D eigenvalue weighted by Crippen LogP contribution is 2.37. The van der Waals surface area contributed by atoms with Crippen molar-refractivity contribution in [1.29, 1.82) is 0 Å². The zero-order valence-corrected chi connectivity index (χ0v) is 13.0. The van der Waals surface area contributed by atoms with Gasteiger partial charge in [0, 0.05) is 5.56 Å². The first-order valence-corrected chi connectivity index (χ1v) is 7.75. The maximum Gasteiger partial charge on any atom is 0.222 e. The molecule has 5 heteroatoms. The molecule has 4 N–H and O–H groups in total. The first-order chi connectivity index (χ1) is 11.5. The van der Waals surface area contributed by atoms with E-state index in [1.807, 2.05) is 42.5 Å². The lowest BCUT2D eigenvalue weighted by Crippen LogP contribution is -2.40. The lowest BCUT2D eigenvalue weighted by Gasteiger charge is -2.26. The predicted octanol–water partition coefficient (Wildman–Crippen LogP) is 1.12. The van der Waals surface area contributed by atoms with Crippen LogP contribution >= 0.6 is 0 Å². The SMILES string of the molecule is OC[C@H]1OC(O)(c2ccc(C=Cc3ccccc3)cc2)[C@H](O)[C@@H]1O. The molecule has 1 fully saturated rings. The largest absolute Gasteiger partial charge is 0.394 e. The highest BCUT2D eigenvalue weighted by molar-refractivity contribution is 5.69. The molecule has 0 amide bonds. The van der Waals surface area contributed by atoms with Crippen LogP contribution in [0.3, 0.4) is 0 Å². The van der Waals surface area contributed by atoms with Crippen LogP contribution in [0.5, 0.6) is 0 Å². The van der Waals surface area contributed by atoms with Gasteiger partial charge in [0.05, 0.1) is 6.61 Å². The topological polar surface area (TPSA) is 90.2 Å². The Morgan fingerprint density at radius 3 is 2.04 bits per heavy atom. The van der Waals surface area contributed by atoms with Crippen molar-refractivity contribution in [1.82, 2.24) is 0 Å². The molecule has 1 heterocycles. The van der Waals surface area contributed by atoms with Gasteiger partial charge in [-0.3, -0.25) is 0 Å². The lowest BCUT2D eigenvalue weighted by atomic mass is 9.97. The molecule has 0 aromatic heterocycles. The number of hydrogen-bond donors (Lipinski definition) is 4. The van der Waals surface area contributed by atoms with Gasteiger partial charge in [0.1, 0.15) is 18.3 Å². The van der Waals surface area contributed by atoms with Gasteiger partial charge in [-0.15, -0.1) is 0 Å². The summed E-state index contributed by atoms with van der Waals surface area (Å²) in [6, 6.07) is 16.7. The summed E-state index contributed by atoms with van der Waals surface area (Å²) in [5.41, 5.74) is 2.31. The van der Waals surface area contributed by atoms with E-state index >= 15 is 0 Å². The molecular formula is C19H20O5. The Labute approximate surface area is 140 Å². The Bertz CT molecular complexity index is 697. The molecule has 0 aliphatic carbocycles. The van der Waals surface area contributed by atoms with Crippen molar-refractivity contribution in [2.24, 2.45) is 0 Å². The summed E-state index contributed by atoms with van der Waals surface area (Å²) < 4.78 is 5.27. The van der Waals surface area contributed by atoms with E-state index in [4.69, 9.17) is 9.84 Å². The zero-order valence-electron chi connectivity index (χ0n) is 13.0. The third-order valence-electron chi connectivity index (χ3n) is 4.21. The molecule has 0 saturated carbocycles. The minimum absolute atomic E-state index is 0.321. The van der Waals surface area contributed by atoms with E-state index in [1.165, 1.54) is 0 Å². The molecular weight excluding hydrogens is 308 g/mol. The van der Waals surface area contributed by atoms with Crippen LogP contribution in [0.15, 0.2) is 54.6 Å². The van der Waals surface area contributed by atoms with Gasteiger partial charge in [0.15, 0.2) is 0 Å². The van der Waals surface area contributed by atoms with Gasteiger partial charge < -0.3 is 25.2 Å². The quantitative estimate of drug-likeness (QED) is 0.632. The van der Waals surface area contributed by atoms with Crippen LogP contribution in [-0.2, 0) is 10.5 Å². The fourth-order valence-electron chi connectivity index (χ4n) is 2.78. The summed E-state index contributed by atoms with van der Waals surface area (Å²) in [5.74, 6) is -2.03. The number of benzene rings is 2. The van der Waals surface area contributed by atoms with Gasteiger partial charge in [-0.1, -0.05) is 66.7 Å². The van der Waals surface area contributed by atoms with E-state index in [0.29, 0.717) is 5.56 Å². The van der Waals surface area contributed by atoms with Gasteiger partial charge >= 0.3 is 0 Å². The van der Waals surface area contributed by atoms with Gasteiger partial charge in [-0.2, -0.15) is 0 Å². The van der Waals surface area contributed by atoms with Crippen LogP contribution in [0, 0.1) is 0 Å². The average molecular weight is 328 g/mol. The molecule has 0 radical (unpaired) electrons.